The zero-order chi connectivity index (χ0) is 19.7. The summed E-state index contributed by atoms with van der Waals surface area (Å²) in [6.07, 6.45) is 5.94. The van der Waals surface area contributed by atoms with Crippen molar-refractivity contribution in [2.24, 2.45) is 0 Å². The summed E-state index contributed by atoms with van der Waals surface area (Å²) in [5, 5.41) is 8.64. The van der Waals surface area contributed by atoms with Crippen LogP contribution in [0.15, 0.2) is 48.9 Å². The molecule has 0 spiro atoms. The van der Waals surface area contributed by atoms with Gasteiger partial charge in [0.1, 0.15) is 0 Å². The predicted molar refractivity (Wildman–Crippen MR) is 112 cm³/mol. The molecule has 4 aromatic rings. The normalized spacial score (nSPS) is 11.3. The van der Waals surface area contributed by atoms with Crippen LogP contribution in [0.1, 0.15) is 46.3 Å². The second kappa shape index (κ2) is 7.52. The Morgan fingerprint density at radius 3 is 2.68 bits per heavy atom. The van der Waals surface area contributed by atoms with Crippen molar-refractivity contribution in [3.8, 4) is 0 Å². The lowest BCUT2D eigenvalue weighted by Crippen LogP contribution is -2.12. The van der Waals surface area contributed by atoms with E-state index in [0.717, 1.165) is 22.3 Å². The van der Waals surface area contributed by atoms with Crippen molar-refractivity contribution in [2.75, 3.05) is 5.32 Å². The Balaban J connectivity index is 1.47. The van der Waals surface area contributed by atoms with Crippen LogP contribution < -0.4 is 5.32 Å². The first-order valence-electron chi connectivity index (χ1n) is 9.14. The monoisotopic (exact) mass is 391 g/mol. The number of nitrogens with zero attached hydrogens (tertiary/aromatic N) is 4. The van der Waals surface area contributed by atoms with Crippen molar-refractivity contribution in [2.45, 2.75) is 33.2 Å². The number of hydrogen-bond donors (Lipinski definition) is 1. The Morgan fingerprint density at radius 2 is 1.93 bits per heavy atom. The molecule has 3 heterocycles. The van der Waals surface area contributed by atoms with E-state index >= 15 is 0 Å². The number of amides is 1. The lowest BCUT2D eigenvalue weighted by molar-refractivity contribution is 0.102. The van der Waals surface area contributed by atoms with Crippen molar-refractivity contribution in [3.63, 3.8) is 0 Å². The number of hydrogen-bond acceptors (Lipinski definition) is 5. The molecule has 0 radical (unpaired) electrons. The van der Waals surface area contributed by atoms with E-state index in [1.54, 1.807) is 12.4 Å². The number of pyridine rings is 1. The summed E-state index contributed by atoms with van der Waals surface area (Å²) < 4.78 is 1.84. The lowest BCUT2D eigenvalue weighted by Gasteiger charge is -2.06. The SMILES string of the molecule is Cc1ccc(Cc2cnc(NC(=O)c3cnc4c(cnn4C(C)C)c3)s2)cc1. The molecule has 4 rings (SSSR count). The third-order valence-corrected chi connectivity index (χ3v) is 5.37. The summed E-state index contributed by atoms with van der Waals surface area (Å²) in [6.45, 7) is 6.17. The van der Waals surface area contributed by atoms with Gasteiger partial charge in [-0.1, -0.05) is 29.8 Å². The van der Waals surface area contributed by atoms with E-state index in [-0.39, 0.29) is 11.9 Å². The van der Waals surface area contributed by atoms with Crippen molar-refractivity contribution in [1.29, 1.82) is 0 Å². The molecule has 0 aliphatic carbocycles. The highest BCUT2D eigenvalue weighted by molar-refractivity contribution is 7.15. The van der Waals surface area contributed by atoms with E-state index in [0.29, 0.717) is 10.7 Å². The topological polar surface area (TPSA) is 72.7 Å². The Morgan fingerprint density at radius 1 is 1.14 bits per heavy atom. The number of anilines is 1. The van der Waals surface area contributed by atoms with E-state index in [4.69, 9.17) is 0 Å². The molecule has 0 atom stereocenters. The molecule has 0 unspecified atom stereocenters. The molecule has 28 heavy (non-hydrogen) atoms. The predicted octanol–water partition coefficient (Wildman–Crippen LogP) is 4.62. The van der Waals surface area contributed by atoms with Gasteiger partial charge in [0, 0.05) is 35.1 Å². The van der Waals surface area contributed by atoms with Crippen LogP contribution >= 0.6 is 11.3 Å². The van der Waals surface area contributed by atoms with Gasteiger partial charge in [0.25, 0.3) is 5.91 Å². The van der Waals surface area contributed by atoms with Crippen molar-refractivity contribution in [1.82, 2.24) is 19.7 Å². The fourth-order valence-corrected chi connectivity index (χ4v) is 3.81. The van der Waals surface area contributed by atoms with E-state index in [1.807, 2.05) is 30.8 Å². The van der Waals surface area contributed by atoms with Crippen LogP contribution in [0.3, 0.4) is 0 Å². The number of nitrogens with one attached hydrogen (secondary N) is 1. The Kier molecular flexibility index (Phi) is 4.92. The number of fused-ring (bicyclic) bond motifs is 1. The molecule has 142 valence electrons. The second-order valence-corrected chi connectivity index (χ2v) is 8.18. The minimum absolute atomic E-state index is 0.215. The van der Waals surface area contributed by atoms with Gasteiger partial charge < -0.3 is 0 Å². The molecule has 7 heteroatoms. The molecule has 0 aliphatic rings. The molecular weight excluding hydrogens is 370 g/mol. The maximum atomic E-state index is 12.6. The van der Waals surface area contributed by atoms with Crippen molar-refractivity contribution < 1.29 is 4.79 Å². The fraction of sp³-hybridized carbons (Fsp3) is 0.238. The molecule has 0 saturated carbocycles. The number of rotatable bonds is 5. The maximum absolute atomic E-state index is 12.6. The third kappa shape index (κ3) is 3.80. The molecule has 0 saturated heterocycles. The van der Waals surface area contributed by atoms with Gasteiger partial charge >= 0.3 is 0 Å². The smallest absolute Gasteiger partial charge is 0.259 e. The average molecular weight is 392 g/mol. The average Bonchev–Trinajstić information content (AvgIpc) is 3.29. The van der Waals surface area contributed by atoms with Crippen LogP contribution in [0, 0.1) is 6.92 Å². The molecular formula is C21H21N5OS. The van der Waals surface area contributed by atoms with Gasteiger partial charge in [0.15, 0.2) is 10.8 Å². The number of thiazole rings is 1. The quantitative estimate of drug-likeness (QED) is 0.539. The first-order chi connectivity index (χ1) is 13.5. The third-order valence-electron chi connectivity index (χ3n) is 4.46. The minimum Gasteiger partial charge on any atom is -0.298 e. The Bertz CT molecular complexity index is 1130. The summed E-state index contributed by atoms with van der Waals surface area (Å²) in [5.41, 5.74) is 3.74. The van der Waals surface area contributed by atoms with E-state index in [1.165, 1.54) is 22.5 Å². The highest BCUT2D eigenvalue weighted by atomic mass is 32.1. The van der Waals surface area contributed by atoms with Crippen LogP contribution in [0.5, 0.6) is 0 Å². The minimum atomic E-state index is -0.220. The molecule has 0 aliphatic heterocycles. The number of benzene rings is 1. The van der Waals surface area contributed by atoms with E-state index in [9.17, 15) is 4.79 Å². The number of aryl methyl sites for hydroxylation is 1. The van der Waals surface area contributed by atoms with E-state index < -0.39 is 0 Å². The lowest BCUT2D eigenvalue weighted by atomic mass is 10.1. The standard InChI is InChI=1S/C21H21N5OS/c1-13(2)26-19-16(11-24-26)9-17(10-22-19)20(27)25-21-23-12-18(28-21)8-15-6-4-14(3)5-7-15/h4-7,9-13H,8H2,1-3H3,(H,23,25,27). The molecule has 3 aromatic heterocycles. The van der Waals surface area contributed by atoms with Crippen LogP contribution in [0.25, 0.3) is 11.0 Å². The van der Waals surface area contributed by atoms with Gasteiger partial charge in [-0.15, -0.1) is 11.3 Å². The van der Waals surface area contributed by atoms with Gasteiger partial charge in [-0.3, -0.25) is 10.1 Å². The largest absolute Gasteiger partial charge is 0.298 e. The number of aromatic nitrogens is 4. The van der Waals surface area contributed by atoms with Gasteiger partial charge in [0.05, 0.1) is 11.8 Å². The van der Waals surface area contributed by atoms with Crippen LogP contribution in [-0.2, 0) is 6.42 Å². The summed E-state index contributed by atoms with van der Waals surface area (Å²) in [7, 11) is 0. The molecule has 1 N–H and O–H groups in total. The zero-order valence-electron chi connectivity index (χ0n) is 16.0. The Labute approximate surface area is 167 Å². The van der Waals surface area contributed by atoms with Crippen LogP contribution in [-0.4, -0.2) is 25.7 Å². The van der Waals surface area contributed by atoms with Crippen molar-refractivity contribution in [3.05, 3.63) is 70.5 Å². The number of carbonyl (C=O) groups excluding carboxylic acids is 1. The summed E-state index contributed by atoms with van der Waals surface area (Å²) in [6, 6.07) is 10.5. The summed E-state index contributed by atoms with van der Waals surface area (Å²) >= 11 is 1.49. The summed E-state index contributed by atoms with van der Waals surface area (Å²) in [5.74, 6) is -0.220. The van der Waals surface area contributed by atoms with E-state index in [2.05, 4.69) is 51.6 Å². The first-order valence-corrected chi connectivity index (χ1v) is 9.96. The fourth-order valence-electron chi connectivity index (χ4n) is 2.97. The highest BCUT2D eigenvalue weighted by Crippen LogP contribution is 2.23. The Hall–Kier alpha value is -3.06. The second-order valence-electron chi connectivity index (χ2n) is 7.07. The molecule has 6 nitrogen and oxygen atoms in total. The van der Waals surface area contributed by atoms with Gasteiger partial charge in [-0.25, -0.2) is 14.6 Å². The molecule has 1 aromatic carbocycles. The van der Waals surface area contributed by atoms with Crippen molar-refractivity contribution >= 4 is 33.4 Å². The van der Waals surface area contributed by atoms with Crippen LogP contribution in [0.2, 0.25) is 0 Å². The van der Waals surface area contributed by atoms with Crippen LogP contribution in [0.4, 0.5) is 5.13 Å². The molecule has 1 amide bonds. The maximum Gasteiger partial charge on any atom is 0.259 e. The zero-order valence-corrected chi connectivity index (χ0v) is 16.8. The number of carbonyl (C=O) groups is 1. The van der Waals surface area contributed by atoms with Gasteiger partial charge in [-0.2, -0.15) is 5.10 Å². The first kappa shape index (κ1) is 18.3. The van der Waals surface area contributed by atoms with Gasteiger partial charge in [-0.05, 0) is 32.4 Å². The summed E-state index contributed by atoms with van der Waals surface area (Å²) in [4.78, 5) is 22.4. The highest BCUT2D eigenvalue weighted by Gasteiger charge is 2.13. The molecule has 0 fully saturated rings. The van der Waals surface area contributed by atoms with Gasteiger partial charge in [0.2, 0.25) is 0 Å². The molecule has 0 bridgehead atoms.